The van der Waals surface area contributed by atoms with Crippen LogP contribution in [0.5, 0.6) is 0 Å². The highest BCUT2D eigenvalue weighted by atomic mass is 16.6. The number of rotatable bonds is 5. The molecule has 0 aliphatic heterocycles. The average Bonchev–Trinajstić information content (AvgIpc) is 2.40. The van der Waals surface area contributed by atoms with Crippen molar-refractivity contribution in [1.29, 1.82) is 0 Å². The third-order valence-electron chi connectivity index (χ3n) is 3.43. The number of nitrogens with one attached hydrogen (secondary N) is 2. The van der Waals surface area contributed by atoms with Gasteiger partial charge in [0.25, 0.3) is 0 Å². The first kappa shape index (κ1) is 19.5. The second-order valence-corrected chi connectivity index (χ2v) is 8.11. The van der Waals surface area contributed by atoms with Gasteiger partial charge < -0.3 is 15.4 Å². The number of alkyl carbamates (subject to hydrolysis) is 1. The van der Waals surface area contributed by atoms with Gasteiger partial charge in [-0.05, 0) is 44.2 Å². The summed E-state index contributed by atoms with van der Waals surface area (Å²) in [4.78, 5) is 11.6. The Morgan fingerprint density at radius 3 is 2.13 bits per heavy atom. The van der Waals surface area contributed by atoms with Crippen molar-refractivity contribution in [1.82, 2.24) is 10.6 Å². The van der Waals surface area contributed by atoms with Crippen molar-refractivity contribution in [2.75, 3.05) is 6.54 Å². The maximum Gasteiger partial charge on any atom is 0.407 e. The van der Waals surface area contributed by atoms with E-state index in [1.54, 1.807) is 0 Å². The largest absolute Gasteiger partial charge is 0.444 e. The number of hydrogen-bond acceptors (Lipinski definition) is 3. The summed E-state index contributed by atoms with van der Waals surface area (Å²) in [7, 11) is 0. The lowest BCUT2D eigenvalue weighted by Gasteiger charge is -2.21. The van der Waals surface area contributed by atoms with E-state index in [9.17, 15) is 4.79 Å². The fourth-order valence-corrected chi connectivity index (χ4v) is 2.04. The highest BCUT2D eigenvalue weighted by molar-refractivity contribution is 5.67. The van der Waals surface area contributed by atoms with Crippen LogP contribution in [0.3, 0.4) is 0 Å². The zero-order valence-corrected chi connectivity index (χ0v) is 15.6. The normalized spacial score (nSPS) is 13.5. The van der Waals surface area contributed by atoms with Gasteiger partial charge in [0.15, 0.2) is 0 Å². The van der Waals surface area contributed by atoms with E-state index in [2.05, 4.69) is 55.7 Å². The van der Waals surface area contributed by atoms with Crippen LogP contribution in [0.2, 0.25) is 0 Å². The molecule has 0 aromatic heterocycles. The second-order valence-electron chi connectivity index (χ2n) is 8.11. The second kappa shape index (κ2) is 7.82. The lowest BCUT2D eigenvalue weighted by Crippen LogP contribution is -2.41. The molecule has 4 nitrogen and oxygen atoms in total. The topological polar surface area (TPSA) is 50.4 Å². The van der Waals surface area contributed by atoms with Gasteiger partial charge in [-0.1, -0.05) is 45.0 Å². The summed E-state index contributed by atoms with van der Waals surface area (Å²) in [5.41, 5.74) is 2.29. The number of benzene rings is 1. The molecule has 1 rings (SSSR count). The molecule has 1 amide bonds. The van der Waals surface area contributed by atoms with E-state index in [-0.39, 0.29) is 17.6 Å². The predicted molar refractivity (Wildman–Crippen MR) is 95.7 cm³/mol. The van der Waals surface area contributed by atoms with Crippen LogP contribution in [0.15, 0.2) is 24.3 Å². The Hall–Kier alpha value is -1.55. The third-order valence-corrected chi connectivity index (χ3v) is 3.43. The molecule has 0 bridgehead atoms. The number of amides is 1. The maximum absolute atomic E-state index is 11.6. The molecule has 1 aromatic carbocycles. The SMILES string of the molecule is CC(CNC(=O)OC(C)(C)C)NCc1ccc(C(C)(C)C)cc1. The van der Waals surface area contributed by atoms with Crippen LogP contribution >= 0.6 is 0 Å². The van der Waals surface area contributed by atoms with Crippen LogP contribution < -0.4 is 10.6 Å². The van der Waals surface area contributed by atoms with Gasteiger partial charge in [-0.2, -0.15) is 0 Å². The van der Waals surface area contributed by atoms with Gasteiger partial charge in [0.1, 0.15) is 5.60 Å². The first-order chi connectivity index (χ1) is 10.5. The van der Waals surface area contributed by atoms with Gasteiger partial charge in [0.05, 0.1) is 0 Å². The predicted octanol–water partition coefficient (Wildman–Crippen LogP) is 3.99. The molecule has 0 spiro atoms. The zero-order chi connectivity index (χ0) is 17.7. The number of carbonyl (C=O) groups is 1. The summed E-state index contributed by atoms with van der Waals surface area (Å²) < 4.78 is 5.22. The summed E-state index contributed by atoms with van der Waals surface area (Å²) in [6.45, 7) is 15.6. The molecule has 0 fully saturated rings. The Morgan fingerprint density at radius 1 is 1.09 bits per heavy atom. The van der Waals surface area contributed by atoms with Crippen LogP contribution in [-0.4, -0.2) is 24.3 Å². The number of hydrogen-bond donors (Lipinski definition) is 2. The van der Waals surface area contributed by atoms with Crippen LogP contribution in [0.25, 0.3) is 0 Å². The van der Waals surface area contributed by atoms with Crippen molar-refractivity contribution in [3.8, 4) is 0 Å². The van der Waals surface area contributed by atoms with E-state index < -0.39 is 5.60 Å². The average molecular weight is 320 g/mol. The molecule has 0 saturated carbocycles. The molecule has 0 aliphatic carbocycles. The smallest absolute Gasteiger partial charge is 0.407 e. The van der Waals surface area contributed by atoms with Crippen molar-refractivity contribution < 1.29 is 9.53 Å². The molecule has 23 heavy (non-hydrogen) atoms. The van der Waals surface area contributed by atoms with E-state index in [1.807, 2.05) is 27.7 Å². The summed E-state index contributed by atoms with van der Waals surface area (Å²) in [5.74, 6) is 0. The highest BCUT2D eigenvalue weighted by Crippen LogP contribution is 2.22. The van der Waals surface area contributed by atoms with Crippen molar-refractivity contribution in [3.05, 3.63) is 35.4 Å². The summed E-state index contributed by atoms with van der Waals surface area (Å²) in [6.07, 6.45) is -0.374. The van der Waals surface area contributed by atoms with E-state index in [0.29, 0.717) is 6.54 Å². The van der Waals surface area contributed by atoms with E-state index in [0.717, 1.165) is 6.54 Å². The molecular formula is C19H32N2O2. The minimum atomic E-state index is -0.463. The zero-order valence-electron chi connectivity index (χ0n) is 15.6. The first-order valence-electron chi connectivity index (χ1n) is 8.27. The summed E-state index contributed by atoms with van der Waals surface area (Å²) >= 11 is 0. The standard InChI is InChI=1S/C19H32N2O2/c1-14(12-21-17(22)23-19(5,6)7)20-13-15-8-10-16(11-9-15)18(2,3)4/h8-11,14,20H,12-13H2,1-7H3,(H,21,22). The molecule has 4 heteroatoms. The Balaban J connectivity index is 2.36. The highest BCUT2D eigenvalue weighted by Gasteiger charge is 2.16. The van der Waals surface area contributed by atoms with E-state index in [1.165, 1.54) is 11.1 Å². The van der Waals surface area contributed by atoms with Gasteiger partial charge in [0, 0.05) is 19.1 Å². The van der Waals surface area contributed by atoms with Gasteiger partial charge in [-0.15, -0.1) is 0 Å². The van der Waals surface area contributed by atoms with Crippen LogP contribution in [0.4, 0.5) is 4.79 Å². The molecule has 1 unspecified atom stereocenters. The van der Waals surface area contributed by atoms with Gasteiger partial charge in [-0.3, -0.25) is 0 Å². The molecule has 2 N–H and O–H groups in total. The minimum absolute atomic E-state index is 0.171. The quantitative estimate of drug-likeness (QED) is 0.862. The maximum atomic E-state index is 11.6. The van der Waals surface area contributed by atoms with Crippen molar-refractivity contribution in [2.45, 2.75) is 72.1 Å². The molecule has 0 aliphatic rings. The lowest BCUT2D eigenvalue weighted by molar-refractivity contribution is 0.0523. The van der Waals surface area contributed by atoms with Crippen LogP contribution in [0, 0.1) is 0 Å². The molecule has 1 aromatic rings. The van der Waals surface area contributed by atoms with Crippen LogP contribution in [0.1, 0.15) is 59.6 Å². The van der Waals surface area contributed by atoms with E-state index in [4.69, 9.17) is 4.74 Å². The Morgan fingerprint density at radius 2 is 1.65 bits per heavy atom. The monoisotopic (exact) mass is 320 g/mol. The molecule has 0 saturated heterocycles. The number of ether oxygens (including phenoxy) is 1. The van der Waals surface area contributed by atoms with E-state index >= 15 is 0 Å². The fraction of sp³-hybridized carbons (Fsp3) is 0.632. The first-order valence-corrected chi connectivity index (χ1v) is 8.27. The Bertz CT molecular complexity index is 496. The van der Waals surface area contributed by atoms with Gasteiger partial charge in [-0.25, -0.2) is 4.79 Å². The molecule has 0 heterocycles. The Kier molecular flexibility index (Phi) is 6.63. The summed E-state index contributed by atoms with van der Waals surface area (Å²) in [5, 5.41) is 6.19. The fourth-order valence-electron chi connectivity index (χ4n) is 2.04. The molecule has 0 radical (unpaired) electrons. The van der Waals surface area contributed by atoms with Gasteiger partial charge in [0.2, 0.25) is 0 Å². The van der Waals surface area contributed by atoms with Crippen molar-refractivity contribution in [2.24, 2.45) is 0 Å². The Labute approximate surface area is 141 Å². The van der Waals surface area contributed by atoms with Gasteiger partial charge >= 0.3 is 6.09 Å². The summed E-state index contributed by atoms with van der Waals surface area (Å²) in [6, 6.07) is 8.84. The molecule has 1 atom stereocenters. The van der Waals surface area contributed by atoms with Crippen LogP contribution in [-0.2, 0) is 16.7 Å². The van der Waals surface area contributed by atoms with Crippen molar-refractivity contribution in [3.63, 3.8) is 0 Å². The van der Waals surface area contributed by atoms with Crippen molar-refractivity contribution >= 4 is 6.09 Å². The lowest BCUT2D eigenvalue weighted by atomic mass is 9.87. The number of carbonyl (C=O) groups excluding carboxylic acids is 1. The molecule has 130 valence electrons. The minimum Gasteiger partial charge on any atom is -0.444 e. The third kappa shape index (κ3) is 8.03. The molecular weight excluding hydrogens is 288 g/mol.